The molecule has 0 radical (unpaired) electrons. The van der Waals surface area contributed by atoms with Gasteiger partial charge < -0.3 is 4.85 Å². The van der Waals surface area contributed by atoms with Crippen LogP contribution in [0.2, 0.25) is 6.55 Å². The van der Waals surface area contributed by atoms with Crippen LogP contribution in [0.3, 0.4) is 0 Å². The molecule has 0 fully saturated rings. The Labute approximate surface area is 78.3 Å². The summed E-state index contributed by atoms with van der Waals surface area (Å²) >= 11 is 0. The van der Waals surface area contributed by atoms with Crippen molar-refractivity contribution >= 4 is 8.74 Å². The van der Waals surface area contributed by atoms with Gasteiger partial charge in [-0.3, -0.25) is 8.22 Å². The van der Waals surface area contributed by atoms with Crippen molar-refractivity contribution in [2.75, 3.05) is 0 Å². The Morgan fingerprint density at radius 3 is 2.38 bits per heavy atom. The highest BCUT2D eigenvalue weighted by molar-refractivity contribution is 6.68. The molecule has 13 heavy (non-hydrogen) atoms. The smallest absolute Gasteiger partial charge is 0.309 e. The minimum atomic E-state index is -4.48. The van der Waals surface area contributed by atoms with E-state index in [2.05, 4.69) is 4.85 Å². The molecule has 1 unspecified atom stereocenters. The summed E-state index contributed by atoms with van der Waals surface area (Å²) in [5, 5.41) is 6.75. The van der Waals surface area contributed by atoms with Crippen molar-refractivity contribution in [1.82, 2.24) is 0 Å². The molecule has 0 saturated heterocycles. The van der Waals surface area contributed by atoms with E-state index in [0.717, 1.165) is 6.55 Å². The largest absolute Gasteiger partial charge is 0.507 e. The molecule has 0 aromatic rings. The summed E-state index contributed by atoms with van der Waals surface area (Å²) < 4.78 is 26.4. The third-order valence-corrected chi connectivity index (χ3v) is 4.62. The molecule has 0 rings (SSSR count). The molecule has 1 atom stereocenters. The molecule has 0 heterocycles. The zero-order valence-corrected chi connectivity index (χ0v) is 8.77. The highest BCUT2D eigenvalue weighted by Gasteiger charge is 2.59. The summed E-state index contributed by atoms with van der Waals surface area (Å²) in [6, 6.07) is 1.81. The second-order valence-electron chi connectivity index (χ2n) is 3.04. The summed E-state index contributed by atoms with van der Waals surface area (Å²) in [5.41, 5.74) is 0. The Morgan fingerprint density at radius 2 is 2.15 bits per heavy atom. The number of rotatable bonds is 4. The highest BCUT2D eigenvalue weighted by Crippen LogP contribution is 2.35. The Bertz CT molecular complexity index is 248. The fourth-order valence-electron chi connectivity index (χ4n) is 1.20. The molecule has 2 nitrogen and oxygen atoms in total. The molecular formula is C8H12F2N2Si. The van der Waals surface area contributed by atoms with Crippen molar-refractivity contribution in [2.24, 2.45) is 0 Å². The number of hydrogen-bond donors (Lipinski definition) is 0. The van der Waals surface area contributed by atoms with Crippen LogP contribution in [0.15, 0.2) is 0 Å². The molecule has 72 valence electrons. The van der Waals surface area contributed by atoms with Gasteiger partial charge >= 0.3 is 8.74 Å². The van der Waals surface area contributed by atoms with Gasteiger partial charge in [-0.25, -0.2) is 6.57 Å². The van der Waals surface area contributed by atoms with Gasteiger partial charge in [0, 0.05) is 19.3 Å². The number of hydrogen-bond acceptors (Lipinski definition) is 1. The van der Waals surface area contributed by atoms with E-state index in [0.29, 0.717) is 0 Å². The van der Waals surface area contributed by atoms with E-state index in [1.54, 1.807) is 6.92 Å². The van der Waals surface area contributed by atoms with Crippen molar-refractivity contribution in [3.8, 4) is 6.07 Å². The van der Waals surface area contributed by atoms with Crippen molar-refractivity contribution in [2.45, 2.75) is 37.9 Å². The van der Waals surface area contributed by atoms with E-state index in [1.807, 2.05) is 6.07 Å². The van der Waals surface area contributed by atoms with Gasteiger partial charge in [-0.05, 0) is 6.55 Å². The summed E-state index contributed by atoms with van der Waals surface area (Å²) in [7, 11) is -4.48. The fourth-order valence-corrected chi connectivity index (χ4v) is 2.58. The first kappa shape index (κ1) is 12.1. The SMILES string of the molecule is [C-]#[N+]C(CC)(CCC#N)[Si](C)(F)F. The van der Waals surface area contributed by atoms with Crippen LogP contribution in [0.25, 0.3) is 4.85 Å². The lowest BCUT2D eigenvalue weighted by Crippen LogP contribution is -2.47. The number of halogens is 2. The Morgan fingerprint density at radius 1 is 1.62 bits per heavy atom. The fraction of sp³-hybridized carbons (Fsp3) is 0.750. The maximum atomic E-state index is 13.2. The topological polar surface area (TPSA) is 28.1 Å². The zero-order chi connectivity index (χ0) is 10.5. The Hall–Kier alpha value is -0.943. The molecule has 0 aromatic carbocycles. The minimum Gasteiger partial charge on any atom is -0.309 e. The first-order chi connectivity index (χ1) is 5.93. The molecule has 0 aliphatic carbocycles. The van der Waals surface area contributed by atoms with Crippen molar-refractivity contribution < 1.29 is 8.22 Å². The van der Waals surface area contributed by atoms with Crippen LogP contribution in [0.5, 0.6) is 0 Å². The lowest BCUT2D eigenvalue weighted by Gasteiger charge is -2.22. The second kappa shape index (κ2) is 4.34. The summed E-state index contributed by atoms with van der Waals surface area (Å²) in [6.07, 6.45) is 0.166. The van der Waals surface area contributed by atoms with E-state index < -0.39 is 13.9 Å². The zero-order valence-electron chi connectivity index (χ0n) is 7.77. The quantitative estimate of drug-likeness (QED) is 0.391. The van der Waals surface area contributed by atoms with Crippen LogP contribution < -0.4 is 0 Å². The molecule has 0 aliphatic heterocycles. The summed E-state index contributed by atoms with van der Waals surface area (Å²) in [6.45, 7) is 9.28. The van der Waals surface area contributed by atoms with Crippen molar-refractivity contribution in [3.05, 3.63) is 11.4 Å². The molecule has 0 amide bonds. The van der Waals surface area contributed by atoms with Gasteiger partial charge in [0.1, 0.15) is 0 Å². The van der Waals surface area contributed by atoms with Crippen LogP contribution in [0, 0.1) is 17.9 Å². The van der Waals surface area contributed by atoms with Gasteiger partial charge in [0.2, 0.25) is 0 Å². The number of nitrogens with zero attached hydrogens (tertiary/aromatic N) is 2. The molecular weight excluding hydrogens is 190 g/mol. The van der Waals surface area contributed by atoms with Crippen LogP contribution in [-0.4, -0.2) is 13.9 Å². The molecule has 0 N–H and O–H groups in total. The predicted molar refractivity (Wildman–Crippen MR) is 48.3 cm³/mol. The van der Waals surface area contributed by atoms with Crippen LogP contribution >= 0.6 is 0 Å². The van der Waals surface area contributed by atoms with Gasteiger partial charge in [0.25, 0.3) is 5.16 Å². The Balaban J connectivity index is 4.76. The minimum absolute atomic E-state index is 0.000772. The van der Waals surface area contributed by atoms with Crippen molar-refractivity contribution in [3.63, 3.8) is 0 Å². The second-order valence-corrected chi connectivity index (χ2v) is 5.75. The van der Waals surface area contributed by atoms with Crippen LogP contribution in [-0.2, 0) is 0 Å². The maximum Gasteiger partial charge on any atom is 0.507 e. The first-order valence-corrected chi connectivity index (χ1v) is 6.32. The predicted octanol–water partition coefficient (Wildman–Crippen LogP) is 2.91. The highest BCUT2D eigenvalue weighted by atomic mass is 28.4. The molecule has 0 aromatic heterocycles. The van der Waals surface area contributed by atoms with E-state index >= 15 is 0 Å². The molecule has 0 saturated carbocycles. The third-order valence-electron chi connectivity index (χ3n) is 2.27. The lowest BCUT2D eigenvalue weighted by molar-refractivity contribution is 0.465. The van der Waals surface area contributed by atoms with Gasteiger partial charge in [-0.15, -0.1) is 0 Å². The first-order valence-electron chi connectivity index (χ1n) is 4.07. The third kappa shape index (κ3) is 2.50. The van der Waals surface area contributed by atoms with Gasteiger partial charge in [-0.1, -0.05) is 6.92 Å². The maximum absolute atomic E-state index is 13.2. The van der Waals surface area contributed by atoms with E-state index in [-0.39, 0.29) is 19.3 Å². The van der Waals surface area contributed by atoms with Gasteiger partial charge in [0.15, 0.2) is 0 Å². The monoisotopic (exact) mass is 202 g/mol. The van der Waals surface area contributed by atoms with Crippen LogP contribution in [0.1, 0.15) is 26.2 Å². The average Bonchev–Trinajstić information content (AvgIpc) is 2.05. The van der Waals surface area contributed by atoms with Gasteiger partial charge in [-0.2, -0.15) is 5.26 Å². The van der Waals surface area contributed by atoms with Gasteiger partial charge in [0.05, 0.1) is 6.07 Å². The number of nitriles is 1. The normalized spacial score (nSPS) is 15.5. The lowest BCUT2D eigenvalue weighted by atomic mass is 10.1. The standard InChI is InChI=1S/C8H12F2N2Si/c1-4-8(12-2,6-5-7-11)13(3,9)10/h4-6H2,1,3H3. The Kier molecular flexibility index (Phi) is 4.02. The summed E-state index contributed by atoms with van der Waals surface area (Å²) in [5.74, 6) is 0. The van der Waals surface area contributed by atoms with E-state index in [4.69, 9.17) is 11.8 Å². The average molecular weight is 202 g/mol. The van der Waals surface area contributed by atoms with E-state index in [1.165, 1.54) is 0 Å². The summed E-state index contributed by atoms with van der Waals surface area (Å²) in [4.78, 5) is 3.06. The molecule has 0 spiro atoms. The van der Waals surface area contributed by atoms with Crippen LogP contribution in [0.4, 0.5) is 8.22 Å². The molecule has 0 aliphatic rings. The van der Waals surface area contributed by atoms with E-state index in [9.17, 15) is 8.22 Å². The molecule has 0 bridgehead atoms. The van der Waals surface area contributed by atoms with Crippen molar-refractivity contribution in [1.29, 1.82) is 5.26 Å². The molecule has 5 heteroatoms.